The molecule has 25 heavy (non-hydrogen) atoms. The standard InChI is InChI=1S/C16H15ClFN3O3S/c1-24-9-8-19-16-20-25(22,23)15-5-3-2-4-14(15)21(16)13-7-6-11(18)10-12(13)17/h2-7,10H,8-9H2,1H3,(H,19,20). The van der Waals surface area contributed by atoms with Crippen LogP contribution in [-0.4, -0.2) is 34.6 Å². The van der Waals surface area contributed by atoms with Crippen LogP contribution in [0.2, 0.25) is 5.02 Å². The van der Waals surface area contributed by atoms with Crippen LogP contribution in [0.3, 0.4) is 0 Å². The van der Waals surface area contributed by atoms with Gasteiger partial charge in [-0.05, 0) is 30.3 Å². The van der Waals surface area contributed by atoms with E-state index in [0.29, 0.717) is 18.0 Å². The van der Waals surface area contributed by atoms with Crippen LogP contribution in [0.15, 0.2) is 52.4 Å². The van der Waals surface area contributed by atoms with E-state index in [2.05, 4.69) is 9.71 Å². The summed E-state index contributed by atoms with van der Waals surface area (Å²) in [7, 11) is -2.25. The van der Waals surface area contributed by atoms with Crippen LogP contribution in [-0.2, 0) is 14.8 Å². The Morgan fingerprint density at radius 3 is 2.72 bits per heavy atom. The smallest absolute Gasteiger partial charge is 0.266 e. The largest absolute Gasteiger partial charge is 0.383 e. The van der Waals surface area contributed by atoms with Crippen LogP contribution in [0.5, 0.6) is 0 Å². The summed E-state index contributed by atoms with van der Waals surface area (Å²) in [5.74, 6) is -0.415. The lowest BCUT2D eigenvalue weighted by Crippen LogP contribution is -2.47. The summed E-state index contributed by atoms with van der Waals surface area (Å²) in [5, 5.41) is 0.135. The number of sulfonamides is 1. The molecule has 0 radical (unpaired) electrons. The molecule has 6 nitrogen and oxygen atoms in total. The predicted octanol–water partition coefficient (Wildman–Crippen LogP) is 2.91. The molecule has 1 aliphatic heterocycles. The molecule has 3 rings (SSSR count). The number of halogens is 2. The normalized spacial score (nSPS) is 17.2. The highest BCUT2D eigenvalue weighted by molar-refractivity contribution is 7.90. The number of anilines is 2. The molecule has 0 saturated carbocycles. The average Bonchev–Trinajstić information content (AvgIpc) is 2.56. The molecule has 9 heteroatoms. The van der Waals surface area contributed by atoms with E-state index >= 15 is 0 Å². The predicted molar refractivity (Wildman–Crippen MR) is 94.5 cm³/mol. The Balaban J connectivity index is 2.20. The zero-order valence-electron chi connectivity index (χ0n) is 13.2. The van der Waals surface area contributed by atoms with Gasteiger partial charge >= 0.3 is 0 Å². The van der Waals surface area contributed by atoms with E-state index in [0.717, 1.165) is 6.07 Å². The fourth-order valence-electron chi connectivity index (χ4n) is 2.46. The van der Waals surface area contributed by atoms with Crippen LogP contribution >= 0.6 is 11.6 Å². The summed E-state index contributed by atoms with van der Waals surface area (Å²) < 4.78 is 45.8. The van der Waals surface area contributed by atoms with E-state index < -0.39 is 15.8 Å². The lowest BCUT2D eigenvalue weighted by atomic mass is 10.2. The SMILES string of the molecule is COCCN=C1NS(=O)(=O)c2ccccc2N1c1ccc(F)cc1Cl. The van der Waals surface area contributed by atoms with Gasteiger partial charge in [-0.3, -0.25) is 4.90 Å². The number of ether oxygens (including phenoxy) is 1. The molecule has 1 heterocycles. The molecule has 0 spiro atoms. The van der Waals surface area contributed by atoms with Gasteiger partial charge in [0.15, 0.2) is 0 Å². The molecule has 1 N–H and O–H groups in total. The van der Waals surface area contributed by atoms with Crippen molar-refractivity contribution in [3.63, 3.8) is 0 Å². The van der Waals surface area contributed by atoms with Gasteiger partial charge < -0.3 is 4.74 Å². The molecule has 0 atom stereocenters. The minimum Gasteiger partial charge on any atom is -0.383 e. The summed E-state index contributed by atoms with van der Waals surface area (Å²) in [4.78, 5) is 5.90. The summed E-state index contributed by atoms with van der Waals surface area (Å²) in [6.07, 6.45) is 0. The second kappa shape index (κ2) is 6.99. The first kappa shape index (κ1) is 17.7. The molecule has 0 fully saturated rings. The lowest BCUT2D eigenvalue weighted by Gasteiger charge is -2.33. The number of rotatable bonds is 4. The van der Waals surface area contributed by atoms with Crippen LogP contribution in [0.25, 0.3) is 0 Å². The Labute approximate surface area is 149 Å². The van der Waals surface area contributed by atoms with Crippen molar-refractivity contribution in [2.75, 3.05) is 25.2 Å². The zero-order chi connectivity index (χ0) is 18.0. The van der Waals surface area contributed by atoms with Crippen LogP contribution < -0.4 is 9.62 Å². The molecule has 132 valence electrons. The van der Waals surface area contributed by atoms with Crippen molar-refractivity contribution in [1.82, 2.24) is 4.72 Å². The molecule has 2 aromatic rings. The Bertz CT molecular complexity index is 934. The number of benzene rings is 2. The molecule has 0 amide bonds. The fraction of sp³-hybridized carbons (Fsp3) is 0.188. The maximum absolute atomic E-state index is 13.4. The molecular weight excluding hydrogens is 369 g/mol. The second-order valence-corrected chi connectivity index (χ2v) is 7.26. The Morgan fingerprint density at radius 1 is 1.24 bits per heavy atom. The number of nitrogens with one attached hydrogen (secondary N) is 1. The summed E-state index contributed by atoms with van der Waals surface area (Å²) >= 11 is 6.19. The average molecular weight is 384 g/mol. The van der Waals surface area contributed by atoms with Gasteiger partial charge in [-0.15, -0.1) is 0 Å². The highest BCUT2D eigenvalue weighted by atomic mass is 35.5. The molecule has 2 aromatic carbocycles. The number of guanidine groups is 1. The summed E-state index contributed by atoms with van der Waals surface area (Å²) in [6.45, 7) is 0.559. The van der Waals surface area contributed by atoms with Gasteiger partial charge in [0.1, 0.15) is 10.7 Å². The maximum Gasteiger partial charge on any atom is 0.266 e. The quantitative estimate of drug-likeness (QED) is 0.824. The third-order valence-corrected chi connectivity index (χ3v) is 5.22. The highest BCUT2D eigenvalue weighted by Crippen LogP contribution is 2.38. The fourth-order valence-corrected chi connectivity index (χ4v) is 3.91. The van der Waals surface area contributed by atoms with Crippen molar-refractivity contribution < 1.29 is 17.5 Å². The third-order valence-electron chi connectivity index (χ3n) is 3.54. The van der Waals surface area contributed by atoms with Crippen LogP contribution in [0.1, 0.15) is 0 Å². The Hall–Kier alpha value is -2.16. The van der Waals surface area contributed by atoms with Gasteiger partial charge in [-0.2, -0.15) is 0 Å². The molecule has 0 aromatic heterocycles. The molecular formula is C16H15ClFN3O3S. The van der Waals surface area contributed by atoms with Gasteiger partial charge in [-0.25, -0.2) is 22.5 Å². The maximum atomic E-state index is 13.4. The van der Waals surface area contributed by atoms with E-state index in [-0.39, 0.29) is 22.4 Å². The van der Waals surface area contributed by atoms with Crippen molar-refractivity contribution in [2.45, 2.75) is 4.90 Å². The molecule has 0 saturated heterocycles. The minimum absolute atomic E-state index is 0.0734. The number of methoxy groups -OCH3 is 1. The summed E-state index contributed by atoms with van der Waals surface area (Å²) in [5.41, 5.74) is 0.792. The number of hydrogen-bond donors (Lipinski definition) is 1. The second-order valence-electron chi connectivity index (χ2n) is 5.20. The van der Waals surface area contributed by atoms with Crippen LogP contribution in [0, 0.1) is 5.82 Å². The molecule has 0 bridgehead atoms. The number of aliphatic imine (C=N–C) groups is 1. The monoisotopic (exact) mass is 383 g/mol. The number of hydrogen-bond acceptors (Lipinski definition) is 4. The third kappa shape index (κ3) is 3.46. The van der Waals surface area contributed by atoms with Gasteiger partial charge in [0, 0.05) is 7.11 Å². The van der Waals surface area contributed by atoms with Crippen molar-refractivity contribution >= 4 is 39.0 Å². The first-order chi connectivity index (χ1) is 11.9. The Kier molecular flexibility index (Phi) is 4.94. The van der Waals surface area contributed by atoms with Crippen molar-refractivity contribution in [1.29, 1.82) is 0 Å². The number of fused-ring (bicyclic) bond motifs is 1. The molecule has 0 unspecified atom stereocenters. The molecule has 0 aliphatic carbocycles. The van der Waals surface area contributed by atoms with Crippen LogP contribution in [0.4, 0.5) is 15.8 Å². The number of nitrogens with zero attached hydrogens (tertiary/aromatic N) is 2. The van der Waals surface area contributed by atoms with Crippen molar-refractivity contribution in [3.05, 3.63) is 53.3 Å². The first-order valence-corrected chi connectivity index (χ1v) is 9.20. The van der Waals surface area contributed by atoms with Crippen molar-refractivity contribution in [2.24, 2.45) is 4.99 Å². The van der Waals surface area contributed by atoms with Gasteiger partial charge in [0.2, 0.25) is 5.96 Å². The van der Waals surface area contributed by atoms with Gasteiger partial charge in [-0.1, -0.05) is 23.7 Å². The number of para-hydroxylation sites is 1. The van der Waals surface area contributed by atoms with E-state index in [1.165, 1.54) is 25.3 Å². The van der Waals surface area contributed by atoms with Gasteiger partial charge in [0.05, 0.1) is 29.5 Å². The minimum atomic E-state index is -3.77. The molecule has 1 aliphatic rings. The van der Waals surface area contributed by atoms with Crippen molar-refractivity contribution in [3.8, 4) is 0 Å². The Morgan fingerprint density at radius 2 is 2.00 bits per heavy atom. The highest BCUT2D eigenvalue weighted by Gasteiger charge is 2.34. The zero-order valence-corrected chi connectivity index (χ0v) is 14.8. The van der Waals surface area contributed by atoms with Gasteiger partial charge in [0.25, 0.3) is 10.0 Å². The summed E-state index contributed by atoms with van der Waals surface area (Å²) in [6, 6.07) is 10.3. The van der Waals surface area contributed by atoms with E-state index in [9.17, 15) is 12.8 Å². The lowest BCUT2D eigenvalue weighted by molar-refractivity contribution is 0.208. The topological polar surface area (TPSA) is 71.0 Å². The van der Waals surface area contributed by atoms with E-state index in [1.54, 1.807) is 23.1 Å². The first-order valence-electron chi connectivity index (χ1n) is 7.34. The van der Waals surface area contributed by atoms with E-state index in [1.807, 2.05) is 0 Å². The van der Waals surface area contributed by atoms with E-state index in [4.69, 9.17) is 16.3 Å².